The Kier molecular flexibility index (Phi) is 4.47. The number of piperidine rings is 1. The molecule has 5 atom stereocenters. The van der Waals surface area contributed by atoms with E-state index in [0.29, 0.717) is 19.4 Å². The van der Waals surface area contributed by atoms with Gasteiger partial charge < -0.3 is 25.7 Å². The van der Waals surface area contributed by atoms with Gasteiger partial charge in [-0.2, -0.15) is 18.2 Å². The lowest BCUT2D eigenvalue weighted by molar-refractivity contribution is -0.142. The highest BCUT2D eigenvalue weighted by Crippen LogP contribution is 2.58. The zero-order valence-electron chi connectivity index (χ0n) is 15.8. The van der Waals surface area contributed by atoms with Crippen LogP contribution in [0.5, 0.6) is 0 Å². The van der Waals surface area contributed by atoms with E-state index in [1.54, 1.807) is 9.80 Å². The number of aliphatic hydroxyl groups is 1. The Labute approximate surface area is 183 Å². The maximum atomic E-state index is 13.9. The van der Waals surface area contributed by atoms with E-state index in [9.17, 15) is 23.1 Å². The Morgan fingerprint density at radius 3 is 2.47 bits per heavy atom. The third kappa shape index (κ3) is 3.13. The number of aromatic nitrogens is 2. The fourth-order valence-electron chi connectivity index (χ4n) is 4.91. The number of nitrogens with zero attached hydrogens (tertiary/aromatic N) is 4. The van der Waals surface area contributed by atoms with Gasteiger partial charge in [0.15, 0.2) is 5.69 Å². The van der Waals surface area contributed by atoms with Crippen molar-refractivity contribution in [3.05, 3.63) is 11.3 Å². The highest BCUT2D eigenvalue weighted by Gasteiger charge is 2.67. The molecule has 12 heteroatoms. The van der Waals surface area contributed by atoms with Crippen LogP contribution in [0.2, 0.25) is 0 Å². The van der Waals surface area contributed by atoms with Gasteiger partial charge in [-0.25, -0.2) is 4.98 Å². The van der Waals surface area contributed by atoms with Crippen LogP contribution in [0.25, 0.3) is 0 Å². The van der Waals surface area contributed by atoms with Gasteiger partial charge in [-0.1, -0.05) is 22.6 Å². The monoisotopic (exact) mass is 539 g/mol. The Morgan fingerprint density at radius 1 is 1.30 bits per heavy atom. The molecule has 3 heterocycles. The highest BCUT2D eigenvalue weighted by molar-refractivity contribution is 14.1. The third-order valence-electron chi connectivity index (χ3n) is 6.76. The maximum absolute atomic E-state index is 13.9. The number of hydrogen-bond donors (Lipinski definition) is 3. The number of fused-ring (bicyclic) bond motifs is 1. The minimum absolute atomic E-state index is 0.0322. The van der Waals surface area contributed by atoms with Crippen molar-refractivity contribution in [2.24, 2.45) is 17.6 Å². The number of hydrogen-bond acceptors (Lipinski definition) is 7. The summed E-state index contributed by atoms with van der Waals surface area (Å²) in [5.41, 5.74) is 4.90. The van der Waals surface area contributed by atoms with Gasteiger partial charge in [0.1, 0.15) is 16.0 Å². The molecule has 0 unspecified atom stereocenters. The van der Waals surface area contributed by atoms with Gasteiger partial charge in [0.2, 0.25) is 5.95 Å². The molecular weight excluding hydrogens is 518 g/mol. The summed E-state index contributed by atoms with van der Waals surface area (Å²) >= 11 is 1.96. The van der Waals surface area contributed by atoms with E-state index in [2.05, 4.69) is 9.97 Å². The molecule has 2 aliphatic carbocycles. The van der Waals surface area contributed by atoms with Gasteiger partial charge in [0.25, 0.3) is 0 Å². The lowest BCUT2D eigenvalue weighted by Crippen LogP contribution is -2.57. The molecule has 2 aliphatic heterocycles. The van der Waals surface area contributed by atoms with Crippen LogP contribution < -0.4 is 15.5 Å². The van der Waals surface area contributed by atoms with Crippen LogP contribution in [0.3, 0.4) is 0 Å². The molecule has 5 rings (SSSR count). The molecule has 4 aliphatic rings. The van der Waals surface area contributed by atoms with Crippen LogP contribution in [0, 0.1) is 11.8 Å². The molecule has 0 spiro atoms. The number of carboxylic acid groups (broad SMARTS) is 1. The lowest BCUT2D eigenvalue weighted by atomic mass is 10.1. The number of halogens is 4. The van der Waals surface area contributed by atoms with E-state index in [1.165, 1.54) is 0 Å². The van der Waals surface area contributed by atoms with Crippen molar-refractivity contribution in [3.8, 4) is 0 Å². The van der Waals surface area contributed by atoms with Crippen LogP contribution in [0.15, 0.2) is 0 Å². The number of aliphatic hydroxyl groups excluding tert-OH is 1. The predicted octanol–water partition coefficient (Wildman–Crippen LogP) is 1.55. The highest BCUT2D eigenvalue weighted by atomic mass is 127. The average molecular weight is 539 g/mol. The fraction of sp³-hybridized carbons (Fsp3) is 0.722. The third-order valence-corrected chi connectivity index (χ3v) is 8.26. The number of rotatable bonds is 5. The Balaban J connectivity index is 1.52. The number of alkyl halides is 4. The van der Waals surface area contributed by atoms with Crippen molar-refractivity contribution >= 4 is 40.3 Å². The average Bonchev–Trinajstić information content (AvgIpc) is 3.55. The Morgan fingerprint density at radius 2 is 2.00 bits per heavy atom. The second kappa shape index (κ2) is 6.55. The fourth-order valence-corrected chi connectivity index (χ4v) is 5.61. The molecule has 2 saturated heterocycles. The first-order chi connectivity index (χ1) is 14.0. The van der Waals surface area contributed by atoms with Gasteiger partial charge in [-0.05, 0) is 24.7 Å². The molecule has 0 bridgehead atoms. The summed E-state index contributed by atoms with van der Waals surface area (Å²) in [6, 6.07) is 0. The largest absolute Gasteiger partial charge is 0.481 e. The van der Waals surface area contributed by atoms with Crippen molar-refractivity contribution in [3.63, 3.8) is 0 Å². The van der Waals surface area contributed by atoms with Crippen molar-refractivity contribution in [1.29, 1.82) is 0 Å². The quantitative estimate of drug-likeness (QED) is 0.294. The topological polar surface area (TPSA) is 116 Å². The zero-order chi connectivity index (χ0) is 21.6. The van der Waals surface area contributed by atoms with Gasteiger partial charge in [0.05, 0.1) is 13.0 Å². The Hall–Kier alpha value is -1.41. The zero-order valence-corrected chi connectivity index (χ0v) is 18.0. The maximum Gasteiger partial charge on any atom is 0.433 e. The van der Waals surface area contributed by atoms with Crippen molar-refractivity contribution < 1.29 is 28.2 Å². The van der Waals surface area contributed by atoms with E-state index < -0.39 is 33.5 Å². The number of carbonyl (C=O) groups is 1. The molecule has 0 amide bonds. The van der Waals surface area contributed by atoms with E-state index in [1.807, 2.05) is 22.6 Å². The predicted molar refractivity (Wildman–Crippen MR) is 109 cm³/mol. The first-order valence-electron chi connectivity index (χ1n) is 9.84. The first kappa shape index (κ1) is 20.5. The summed E-state index contributed by atoms with van der Waals surface area (Å²) < 4.78 is 41.4. The summed E-state index contributed by atoms with van der Waals surface area (Å²) in [6.07, 6.45) is -3.98. The smallest absolute Gasteiger partial charge is 0.433 e. The number of nitrogens with two attached hydrogens (primary N) is 1. The van der Waals surface area contributed by atoms with Gasteiger partial charge in [-0.3, -0.25) is 4.79 Å². The summed E-state index contributed by atoms with van der Waals surface area (Å²) in [4.78, 5) is 22.8. The molecule has 4 fully saturated rings. The van der Waals surface area contributed by atoms with Crippen molar-refractivity contribution in [2.45, 2.75) is 47.0 Å². The van der Waals surface area contributed by atoms with Crippen LogP contribution in [0.1, 0.15) is 36.4 Å². The number of anilines is 2. The van der Waals surface area contributed by atoms with Gasteiger partial charge >= 0.3 is 12.1 Å². The molecule has 1 aromatic heterocycles. The molecule has 4 N–H and O–H groups in total. The summed E-state index contributed by atoms with van der Waals surface area (Å²) in [5.74, 6) is -1.17. The first-order valence-corrected chi connectivity index (χ1v) is 11.1. The van der Waals surface area contributed by atoms with E-state index in [-0.39, 0.29) is 54.6 Å². The molecule has 2 saturated carbocycles. The van der Waals surface area contributed by atoms with Crippen LogP contribution in [-0.2, 0) is 11.0 Å². The summed E-state index contributed by atoms with van der Waals surface area (Å²) in [7, 11) is 0. The number of aliphatic carboxylic acids is 1. The lowest BCUT2D eigenvalue weighted by Gasteiger charge is -2.42. The number of β-amino-alcohol motifs (C(OH)–C–C–N with tert-alkyl or cyclic N) is 1. The minimum Gasteiger partial charge on any atom is -0.481 e. The number of carboxylic acids is 1. The molecule has 0 aromatic carbocycles. The molecule has 30 heavy (non-hydrogen) atoms. The summed E-state index contributed by atoms with van der Waals surface area (Å²) in [5, 5.41) is 18.8. The SMILES string of the molecule is N[C@@]12CN(c3nc(N4C[C@@H](O)[C@@H]4I)nc(C(F)(F)F)c3C3CC3)C[C@@H]1[C@H]2CC(=O)O. The van der Waals surface area contributed by atoms with E-state index in [0.717, 1.165) is 0 Å². The normalized spacial score (nSPS) is 35.3. The minimum atomic E-state index is -4.62. The molecule has 8 nitrogen and oxygen atoms in total. The molecule has 164 valence electrons. The van der Waals surface area contributed by atoms with Crippen molar-refractivity contribution in [1.82, 2.24) is 9.97 Å². The van der Waals surface area contributed by atoms with E-state index in [4.69, 9.17) is 10.8 Å². The molecular formula is C18H21F3IN5O3. The second-order valence-corrected chi connectivity index (χ2v) is 10.1. The molecule has 1 aromatic rings. The second-order valence-electron chi connectivity index (χ2n) is 8.78. The molecule has 0 radical (unpaired) electrons. The van der Waals surface area contributed by atoms with E-state index >= 15 is 0 Å². The van der Waals surface area contributed by atoms with Crippen LogP contribution in [0.4, 0.5) is 24.9 Å². The van der Waals surface area contributed by atoms with Crippen molar-refractivity contribution in [2.75, 3.05) is 29.4 Å². The van der Waals surface area contributed by atoms with Gasteiger partial charge in [-0.15, -0.1) is 0 Å². The van der Waals surface area contributed by atoms with Crippen LogP contribution in [-0.4, -0.2) is 61.5 Å². The van der Waals surface area contributed by atoms with Crippen LogP contribution >= 0.6 is 22.6 Å². The van der Waals surface area contributed by atoms with Gasteiger partial charge in [0, 0.05) is 30.1 Å². The Bertz CT molecular complexity index is 914. The summed E-state index contributed by atoms with van der Waals surface area (Å²) in [6.45, 7) is 0.842. The standard InChI is InChI=1S/C18H21F3IN5O3/c19-18(20,21)13-12(7-1-2-7)15(25-16(24-13)27-5-10(28)14(27)22)26-4-9-8(3-11(29)30)17(9,23)6-26/h7-10,14,28H,1-6,23H2,(H,29,30)/t8-,9-,10-,14-,17-/m1/s1.